The van der Waals surface area contributed by atoms with Crippen molar-refractivity contribution in [3.63, 3.8) is 0 Å². The largest absolute Gasteiger partial charge is 0.457 e. The van der Waals surface area contributed by atoms with Gasteiger partial charge in [0.2, 0.25) is 0 Å². The molecule has 180 valence electrons. The van der Waals surface area contributed by atoms with Crippen LogP contribution in [0.5, 0.6) is 23.0 Å². The lowest BCUT2D eigenvalue weighted by Crippen LogP contribution is -2.21. The second kappa shape index (κ2) is 9.38. The van der Waals surface area contributed by atoms with Crippen molar-refractivity contribution >= 4 is 16.9 Å². The summed E-state index contributed by atoms with van der Waals surface area (Å²) in [7, 11) is 5.06. The first kappa shape index (κ1) is 22.9. The van der Waals surface area contributed by atoms with Crippen LogP contribution in [0.3, 0.4) is 0 Å². The maximum Gasteiger partial charge on any atom is 0.293 e. The van der Waals surface area contributed by atoms with Crippen molar-refractivity contribution in [3.05, 3.63) is 95.0 Å². The molecule has 1 amide bonds. The SMILES string of the molecule is CN(C)C(=O)c1ccc(Oc2cc(Oc3cccn(C)c3=O)c3nc(-c4ccccn4)[nH]c3c2)cc1. The second-order valence-corrected chi connectivity index (χ2v) is 8.33. The Labute approximate surface area is 206 Å². The Balaban J connectivity index is 1.55. The number of aromatic nitrogens is 4. The van der Waals surface area contributed by atoms with Crippen LogP contribution in [-0.4, -0.2) is 44.4 Å². The van der Waals surface area contributed by atoms with Gasteiger partial charge in [0.1, 0.15) is 22.7 Å². The zero-order valence-electron chi connectivity index (χ0n) is 19.9. The smallest absolute Gasteiger partial charge is 0.293 e. The summed E-state index contributed by atoms with van der Waals surface area (Å²) in [4.78, 5) is 38.6. The summed E-state index contributed by atoms with van der Waals surface area (Å²) in [6.45, 7) is 0. The average molecular weight is 482 g/mol. The molecule has 36 heavy (non-hydrogen) atoms. The Morgan fingerprint density at radius 2 is 1.75 bits per heavy atom. The third kappa shape index (κ3) is 4.54. The van der Waals surface area contributed by atoms with Crippen LogP contribution in [0.25, 0.3) is 22.6 Å². The highest BCUT2D eigenvalue weighted by Crippen LogP contribution is 2.35. The molecule has 0 aliphatic rings. The van der Waals surface area contributed by atoms with E-state index < -0.39 is 0 Å². The molecule has 0 spiro atoms. The number of amides is 1. The normalized spacial score (nSPS) is 10.9. The zero-order valence-corrected chi connectivity index (χ0v) is 19.9. The van der Waals surface area contributed by atoms with Gasteiger partial charge in [0.25, 0.3) is 11.5 Å². The molecule has 3 aromatic heterocycles. The number of pyridine rings is 2. The molecule has 9 nitrogen and oxygen atoms in total. The molecule has 0 aliphatic carbocycles. The van der Waals surface area contributed by atoms with Crippen LogP contribution in [0.4, 0.5) is 0 Å². The van der Waals surface area contributed by atoms with Gasteiger partial charge in [-0.1, -0.05) is 6.07 Å². The summed E-state index contributed by atoms with van der Waals surface area (Å²) < 4.78 is 13.6. The highest BCUT2D eigenvalue weighted by atomic mass is 16.5. The summed E-state index contributed by atoms with van der Waals surface area (Å²) in [6.07, 6.45) is 3.34. The van der Waals surface area contributed by atoms with Crippen molar-refractivity contribution < 1.29 is 14.3 Å². The van der Waals surface area contributed by atoms with Gasteiger partial charge in [-0.15, -0.1) is 0 Å². The third-order valence-electron chi connectivity index (χ3n) is 5.48. The Morgan fingerprint density at radius 3 is 2.47 bits per heavy atom. The Bertz CT molecular complexity index is 1610. The highest BCUT2D eigenvalue weighted by molar-refractivity contribution is 5.94. The van der Waals surface area contributed by atoms with Crippen LogP contribution in [0.1, 0.15) is 10.4 Å². The van der Waals surface area contributed by atoms with E-state index in [4.69, 9.17) is 9.47 Å². The number of nitrogens with zero attached hydrogens (tertiary/aromatic N) is 4. The number of H-pyrrole nitrogens is 1. The lowest BCUT2D eigenvalue weighted by atomic mass is 10.2. The van der Waals surface area contributed by atoms with Gasteiger partial charge >= 0.3 is 0 Å². The van der Waals surface area contributed by atoms with Crippen LogP contribution in [0.15, 0.2) is 83.9 Å². The monoisotopic (exact) mass is 481 g/mol. The van der Waals surface area contributed by atoms with E-state index in [2.05, 4.69) is 15.0 Å². The highest BCUT2D eigenvalue weighted by Gasteiger charge is 2.16. The lowest BCUT2D eigenvalue weighted by Gasteiger charge is -2.12. The van der Waals surface area contributed by atoms with Crippen molar-refractivity contribution in [1.29, 1.82) is 0 Å². The van der Waals surface area contributed by atoms with Crippen LogP contribution in [-0.2, 0) is 7.05 Å². The summed E-state index contributed by atoms with van der Waals surface area (Å²) in [5.41, 5.74) is 2.12. The predicted octanol–water partition coefficient (Wildman–Crippen LogP) is 4.61. The molecule has 9 heteroatoms. The molecule has 2 aromatic carbocycles. The molecule has 1 N–H and O–H groups in total. The van der Waals surface area contributed by atoms with E-state index in [1.165, 1.54) is 9.47 Å². The summed E-state index contributed by atoms with van der Waals surface area (Å²) in [5, 5.41) is 0. The quantitative estimate of drug-likeness (QED) is 0.380. The molecule has 0 fully saturated rings. The molecule has 0 aliphatic heterocycles. The molecule has 0 unspecified atom stereocenters. The number of rotatable bonds is 6. The number of hydrogen-bond donors (Lipinski definition) is 1. The number of fused-ring (bicyclic) bond motifs is 1. The van der Waals surface area contributed by atoms with Crippen LogP contribution in [0, 0.1) is 0 Å². The lowest BCUT2D eigenvalue weighted by molar-refractivity contribution is 0.0827. The van der Waals surface area contributed by atoms with Crippen LogP contribution < -0.4 is 15.0 Å². The summed E-state index contributed by atoms with van der Waals surface area (Å²) in [5.74, 6) is 1.97. The van der Waals surface area contributed by atoms with E-state index >= 15 is 0 Å². The fourth-order valence-electron chi connectivity index (χ4n) is 3.65. The van der Waals surface area contributed by atoms with Crippen LogP contribution >= 0.6 is 0 Å². The van der Waals surface area contributed by atoms with Crippen LogP contribution in [0.2, 0.25) is 0 Å². The maximum absolute atomic E-state index is 12.6. The number of carbonyl (C=O) groups excluding carboxylic acids is 1. The number of aromatic amines is 1. The van der Waals surface area contributed by atoms with E-state index in [0.29, 0.717) is 45.4 Å². The number of carbonyl (C=O) groups is 1. The molecule has 0 atom stereocenters. The van der Waals surface area contributed by atoms with Gasteiger partial charge in [0.15, 0.2) is 17.3 Å². The zero-order chi connectivity index (χ0) is 25.2. The van der Waals surface area contributed by atoms with Gasteiger partial charge in [-0.2, -0.15) is 0 Å². The standard InChI is InChI=1S/C27H23N5O4/c1-31(2)26(33)17-9-11-18(12-10-17)35-19-15-21-24(30-25(29-21)20-7-4-5-13-28-20)23(16-19)36-22-8-6-14-32(3)27(22)34/h4-16H,1-3H3,(H,29,30). The minimum atomic E-state index is -0.279. The molecule has 3 heterocycles. The minimum Gasteiger partial charge on any atom is -0.457 e. The number of hydrogen-bond acceptors (Lipinski definition) is 6. The van der Waals surface area contributed by atoms with E-state index in [9.17, 15) is 9.59 Å². The van der Waals surface area contributed by atoms with E-state index in [-0.39, 0.29) is 17.2 Å². The minimum absolute atomic E-state index is 0.0948. The van der Waals surface area contributed by atoms with Gasteiger partial charge in [0, 0.05) is 51.2 Å². The second-order valence-electron chi connectivity index (χ2n) is 8.33. The van der Waals surface area contributed by atoms with Gasteiger partial charge in [-0.3, -0.25) is 14.6 Å². The average Bonchev–Trinajstić information content (AvgIpc) is 3.32. The Kier molecular flexibility index (Phi) is 5.95. The molecule has 0 saturated carbocycles. The van der Waals surface area contributed by atoms with Gasteiger partial charge in [-0.05, 0) is 48.5 Å². The Morgan fingerprint density at radius 1 is 0.944 bits per heavy atom. The van der Waals surface area contributed by atoms with Gasteiger partial charge in [-0.25, -0.2) is 4.98 Å². The van der Waals surface area contributed by atoms with E-state index in [1.807, 2.05) is 18.2 Å². The van der Waals surface area contributed by atoms with E-state index in [1.54, 1.807) is 82.1 Å². The van der Waals surface area contributed by atoms with Gasteiger partial charge in [0.05, 0.1) is 5.52 Å². The summed E-state index contributed by atoms with van der Waals surface area (Å²) >= 11 is 0. The third-order valence-corrected chi connectivity index (χ3v) is 5.48. The number of benzene rings is 2. The first-order valence-corrected chi connectivity index (χ1v) is 11.2. The maximum atomic E-state index is 12.6. The van der Waals surface area contributed by atoms with Crippen molar-refractivity contribution in [3.8, 4) is 34.5 Å². The van der Waals surface area contributed by atoms with Crippen molar-refractivity contribution in [1.82, 2.24) is 24.4 Å². The first-order valence-electron chi connectivity index (χ1n) is 11.2. The fraction of sp³-hybridized carbons (Fsp3) is 0.111. The molecular weight excluding hydrogens is 458 g/mol. The van der Waals surface area contributed by atoms with Crippen molar-refractivity contribution in [2.75, 3.05) is 14.1 Å². The molecule has 0 saturated heterocycles. The number of imidazole rings is 1. The van der Waals surface area contributed by atoms with Crippen molar-refractivity contribution in [2.24, 2.45) is 7.05 Å². The molecule has 0 bridgehead atoms. The Hall–Kier alpha value is -4.92. The van der Waals surface area contributed by atoms with E-state index in [0.717, 1.165) is 0 Å². The molecule has 5 rings (SSSR count). The molecule has 0 radical (unpaired) electrons. The fourth-order valence-corrected chi connectivity index (χ4v) is 3.65. The molecule has 5 aromatic rings. The summed E-state index contributed by atoms with van der Waals surface area (Å²) in [6, 6.07) is 19.2. The first-order chi connectivity index (χ1) is 17.4. The predicted molar refractivity (Wildman–Crippen MR) is 136 cm³/mol. The van der Waals surface area contributed by atoms with Crippen molar-refractivity contribution in [2.45, 2.75) is 0 Å². The number of aryl methyl sites for hydroxylation is 1. The topological polar surface area (TPSA) is 102 Å². The van der Waals surface area contributed by atoms with Gasteiger partial charge < -0.3 is 23.9 Å². The number of nitrogens with one attached hydrogen (secondary N) is 1. The molecular formula is C27H23N5O4. The number of ether oxygens (including phenoxy) is 2.